The molecule has 1 amide bonds. The van der Waals surface area contributed by atoms with Gasteiger partial charge in [-0.15, -0.1) is 22.7 Å². The average Bonchev–Trinajstić information content (AvgIpc) is 3.43. The maximum Gasteiger partial charge on any atom is 0.345 e. The lowest BCUT2D eigenvalue weighted by Crippen LogP contribution is -2.21. The fourth-order valence-electron chi connectivity index (χ4n) is 3.76. The SMILES string of the molecule is CCN(CC)c1ccc2c(C)c(-c3ccc(-c4ccc(/C=C/C(N)=O)s4)s3)c(=O)oc2c1. The third-order valence-corrected chi connectivity index (χ3v) is 7.76. The Morgan fingerprint density at radius 1 is 1.03 bits per heavy atom. The number of benzene rings is 1. The molecule has 4 aromatic rings. The maximum atomic E-state index is 12.9. The molecule has 0 saturated carbocycles. The molecule has 0 saturated heterocycles. The van der Waals surface area contributed by atoms with Gasteiger partial charge in [-0.3, -0.25) is 4.79 Å². The summed E-state index contributed by atoms with van der Waals surface area (Å²) in [5.74, 6) is -0.471. The van der Waals surface area contributed by atoms with Gasteiger partial charge in [0.15, 0.2) is 0 Å². The van der Waals surface area contributed by atoms with Crippen LogP contribution in [0.2, 0.25) is 0 Å². The van der Waals surface area contributed by atoms with Crippen molar-refractivity contribution in [3.05, 3.63) is 69.4 Å². The first-order chi connectivity index (χ1) is 15.4. The smallest absolute Gasteiger partial charge is 0.345 e. The second-order valence-electron chi connectivity index (χ2n) is 7.34. The van der Waals surface area contributed by atoms with Crippen LogP contribution >= 0.6 is 22.7 Å². The van der Waals surface area contributed by atoms with Gasteiger partial charge in [0.05, 0.1) is 5.56 Å². The van der Waals surface area contributed by atoms with Crippen LogP contribution in [0.1, 0.15) is 24.3 Å². The van der Waals surface area contributed by atoms with E-state index in [4.69, 9.17) is 10.2 Å². The molecule has 0 aliphatic carbocycles. The first-order valence-corrected chi connectivity index (χ1v) is 12.0. The molecule has 0 aliphatic heterocycles. The van der Waals surface area contributed by atoms with Crippen molar-refractivity contribution in [2.75, 3.05) is 18.0 Å². The van der Waals surface area contributed by atoms with Gasteiger partial charge in [-0.05, 0) is 68.8 Å². The summed E-state index contributed by atoms with van der Waals surface area (Å²) in [5, 5.41) is 0.945. The standard InChI is InChI=1S/C25H24N2O3S2/c1-4-27(5-2)16-6-9-18-15(3)24(25(29)30-19(18)14-16)22-12-11-21(32-22)20-10-7-17(31-20)8-13-23(26)28/h6-14H,4-5H2,1-3H3,(H2,26,28)/b13-8+. The highest BCUT2D eigenvalue weighted by molar-refractivity contribution is 7.24. The number of amides is 1. The van der Waals surface area contributed by atoms with E-state index in [0.29, 0.717) is 11.1 Å². The molecule has 7 heteroatoms. The lowest BCUT2D eigenvalue weighted by atomic mass is 10.0. The second kappa shape index (κ2) is 9.14. The van der Waals surface area contributed by atoms with Crippen LogP contribution in [0, 0.1) is 6.92 Å². The molecular weight excluding hydrogens is 440 g/mol. The van der Waals surface area contributed by atoms with Gasteiger partial charge in [-0.25, -0.2) is 4.79 Å². The van der Waals surface area contributed by atoms with Gasteiger partial charge < -0.3 is 15.1 Å². The molecule has 0 unspecified atom stereocenters. The predicted molar refractivity (Wildman–Crippen MR) is 136 cm³/mol. The summed E-state index contributed by atoms with van der Waals surface area (Å²) >= 11 is 3.12. The van der Waals surface area contributed by atoms with Gasteiger partial charge in [-0.2, -0.15) is 0 Å². The minimum Gasteiger partial charge on any atom is -0.422 e. The Kier molecular flexibility index (Phi) is 6.30. The third kappa shape index (κ3) is 4.26. The molecule has 0 aliphatic rings. The van der Waals surface area contributed by atoms with E-state index in [1.807, 2.05) is 43.3 Å². The quantitative estimate of drug-likeness (QED) is 0.273. The van der Waals surface area contributed by atoms with Crippen LogP contribution in [0.15, 0.2) is 57.8 Å². The molecule has 3 aromatic heterocycles. The molecule has 0 atom stereocenters. The second-order valence-corrected chi connectivity index (χ2v) is 9.54. The van der Waals surface area contributed by atoms with Crippen molar-refractivity contribution in [2.45, 2.75) is 20.8 Å². The highest BCUT2D eigenvalue weighted by Gasteiger charge is 2.17. The third-order valence-electron chi connectivity index (χ3n) is 5.41. The molecular formula is C25H24N2O3S2. The van der Waals surface area contributed by atoms with E-state index in [0.717, 1.165) is 49.2 Å². The van der Waals surface area contributed by atoms with E-state index in [2.05, 4.69) is 24.8 Å². The van der Waals surface area contributed by atoms with Crippen molar-refractivity contribution in [2.24, 2.45) is 5.73 Å². The van der Waals surface area contributed by atoms with E-state index >= 15 is 0 Å². The Labute approximate surface area is 194 Å². The lowest BCUT2D eigenvalue weighted by Gasteiger charge is -2.21. The van der Waals surface area contributed by atoms with Crippen LogP contribution in [0.25, 0.3) is 37.2 Å². The molecule has 164 valence electrons. The van der Waals surface area contributed by atoms with Gasteiger partial charge in [0.25, 0.3) is 0 Å². The maximum absolute atomic E-state index is 12.9. The van der Waals surface area contributed by atoms with Crippen molar-refractivity contribution in [3.8, 4) is 20.2 Å². The lowest BCUT2D eigenvalue weighted by molar-refractivity contribution is -0.113. The number of hydrogen-bond acceptors (Lipinski definition) is 6. The Balaban J connectivity index is 1.72. The van der Waals surface area contributed by atoms with Crippen LogP contribution in [0.5, 0.6) is 0 Å². The number of carbonyl (C=O) groups is 1. The summed E-state index contributed by atoms with van der Waals surface area (Å²) in [6.45, 7) is 7.98. The Morgan fingerprint density at radius 3 is 2.44 bits per heavy atom. The fourth-order valence-corrected chi connectivity index (χ4v) is 5.86. The summed E-state index contributed by atoms with van der Waals surface area (Å²) in [6.07, 6.45) is 3.06. The number of nitrogens with two attached hydrogens (primary N) is 1. The summed E-state index contributed by atoms with van der Waals surface area (Å²) in [6, 6.07) is 14.0. The zero-order valence-electron chi connectivity index (χ0n) is 18.2. The zero-order chi connectivity index (χ0) is 22.8. The number of thiophene rings is 2. The average molecular weight is 465 g/mol. The summed E-state index contributed by atoms with van der Waals surface area (Å²) in [5.41, 5.74) is 8.04. The number of carbonyl (C=O) groups excluding carboxylic acids is 1. The van der Waals surface area contributed by atoms with Crippen LogP contribution in [-0.4, -0.2) is 19.0 Å². The fraction of sp³-hybridized carbons (Fsp3) is 0.200. The summed E-state index contributed by atoms with van der Waals surface area (Å²) < 4.78 is 5.76. The molecule has 1 aromatic carbocycles. The van der Waals surface area contributed by atoms with Gasteiger partial charge in [0.2, 0.25) is 5.91 Å². The van der Waals surface area contributed by atoms with Gasteiger partial charge in [-0.1, -0.05) is 0 Å². The topological polar surface area (TPSA) is 76.5 Å². The highest BCUT2D eigenvalue weighted by Crippen LogP contribution is 2.39. The van der Waals surface area contributed by atoms with Crippen molar-refractivity contribution < 1.29 is 9.21 Å². The van der Waals surface area contributed by atoms with E-state index < -0.39 is 5.91 Å². The molecule has 0 spiro atoms. The first-order valence-electron chi connectivity index (χ1n) is 10.4. The number of fused-ring (bicyclic) bond motifs is 1. The Hall–Kier alpha value is -3.16. The van der Waals surface area contributed by atoms with E-state index in [9.17, 15) is 9.59 Å². The van der Waals surface area contributed by atoms with E-state index in [1.54, 1.807) is 28.7 Å². The number of anilines is 1. The van der Waals surface area contributed by atoms with Crippen LogP contribution in [-0.2, 0) is 4.79 Å². The van der Waals surface area contributed by atoms with Crippen LogP contribution in [0.3, 0.4) is 0 Å². The molecule has 3 heterocycles. The Bertz CT molecular complexity index is 1370. The molecule has 32 heavy (non-hydrogen) atoms. The number of nitrogens with zero attached hydrogens (tertiary/aromatic N) is 1. The number of aryl methyl sites for hydroxylation is 1. The van der Waals surface area contributed by atoms with E-state index in [1.165, 1.54) is 6.08 Å². The summed E-state index contributed by atoms with van der Waals surface area (Å²) in [7, 11) is 0. The van der Waals surface area contributed by atoms with Crippen LogP contribution in [0.4, 0.5) is 5.69 Å². The highest BCUT2D eigenvalue weighted by atomic mass is 32.1. The zero-order valence-corrected chi connectivity index (χ0v) is 19.8. The molecule has 5 nitrogen and oxygen atoms in total. The predicted octanol–water partition coefficient (Wildman–Crippen LogP) is 5.90. The molecule has 2 N–H and O–H groups in total. The number of rotatable bonds is 7. The van der Waals surface area contributed by atoms with Crippen molar-refractivity contribution in [1.29, 1.82) is 0 Å². The molecule has 0 bridgehead atoms. The number of primary amides is 1. The van der Waals surface area contributed by atoms with Gasteiger partial charge in [0.1, 0.15) is 5.58 Å². The van der Waals surface area contributed by atoms with E-state index in [-0.39, 0.29) is 5.63 Å². The Morgan fingerprint density at radius 2 is 1.72 bits per heavy atom. The van der Waals surface area contributed by atoms with Crippen molar-refractivity contribution >= 4 is 51.3 Å². The van der Waals surface area contributed by atoms with Crippen molar-refractivity contribution in [1.82, 2.24) is 0 Å². The monoisotopic (exact) mass is 464 g/mol. The van der Waals surface area contributed by atoms with Crippen LogP contribution < -0.4 is 16.3 Å². The minimum absolute atomic E-state index is 0.323. The number of hydrogen-bond donors (Lipinski definition) is 1. The molecule has 0 fully saturated rings. The first kappa shape index (κ1) is 22.0. The normalized spacial score (nSPS) is 11.5. The van der Waals surface area contributed by atoms with Crippen molar-refractivity contribution in [3.63, 3.8) is 0 Å². The largest absolute Gasteiger partial charge is 0.422 e. The minimum atomic E-state index is -0.471. The molecule has 4 rings (SSSR count). The molecule has 0 radical (unpaired) electrons. The van der Waals surface area contributed by atoms with Gasteiger partial charge in [0, 0.05) is 55.8 Å². The van der Waals surface area contributed by atoms with Gasteiger partial charge >= 0.3 is 5.63 Å². The summed E-state index contributed by atoms with van der Waals surface area (Å²) in [4.78, 5) is 30.1.